The van der Waals surface area contributed by atoms with Crippen molar-refractivity contribution in [2.24, 2.45) is 4.99 Å². The minimum absolute atomic E-state index is 0. The van der Waals surface area contributed by atoms with Crippen LogP contribution < -0.4 is 10.6 Å². The lowest BCUT2D eigenvalue weighted by Crippen LogP contribution is -2.39. The van der Waals surface area contributed by atoms with E-state index in [1.54, 1.807) is 7.05 Å². The van der Waals surface area contributed by atoms with Crippen molar-refractivity contribution in [3.63, 3.8) is 0 Å². The number of benzene rings is 1. The van der Waals surface area contributed by atoms with Gasteiger partial charge in [0, 0.05) is 25.2 Å². The number of ether oxygens (including phenoxy) is 1. The molecule has 1 saturated carbocycles. The lowest BCUT2D eigenvalue weighted by Gasteiger charge is -2.16. The Morgan fingerprint density at radius 1 is 1.14 bits per heavy atom. The minimum atomic E-state index is 0. The topological polar surface area (TPSA) is 71.7 Å². The van der Waals surface area contributed by atoms with Gasteiger partial charge in [-0.25, -0.2) is 0 Å². The third-order valence-corrected chi connectivity index (χ3v) is 4.83. The van der Waals surface area contributed by atoms with Gasteiger partial charge in [-0.05, 0) is 12.8 Å². The predicted molar refractivity (Wildman–Crippen MR) is 123 cm³/mol. The highest BCUT2D eigenvalue weighted by atomic mass is 127. The summed E-state index contributed by atoms with van der Waals surface area (Å²) in [6.07, 6.45) is 8.11. The van der Waals surface area contributed by atoms with Crippen molar-refractivity contribution in [2.45, 2.75) is 51.2 Å². The fraction of sp³-hybridized carbons (Fsp3) is 0.524. The second kappa shape index (κ2) is 12.8. The maximum atomic E-state index is 6.00. The van der Waals surface area contributed by atoms with Crippen LogP contribution in [0.4, 0.5) is 0 Å². The molecule has 0 amide bonds. The summed E-state index contributed by atoms with van der Waals surface area (Å²) in [7, 11) is 1.76. The molecule has 0 atom stereocenters. The van der Waals surface area contributed by atoms with Crippen LogP contribution in [0.3, 0.4) is 0 Å². The Morgan fingerprint density at radius 3 is 2.61 bits per heavy atom. The molecule has 0 unspecified atom stereocenters. The van der Waals surface area contributed by atoms with Crippen molar-refractivity contribution in [1.29, 1.82) is 0 Å². The largest absolute Gasteiger partial charge is 0.376 e. The van der Waals surface area contributed by atoms with Gasteiger partial charge in [0.25, 0.3) is 0 Å². The molecule has 1 fully saturated rings. The first-order valence-corrected chi connectivity index (χ1v) is 9.92. The van der Waals surface area contributed by atoms with Gasteiger partial charge in [0.15, 0.2) is 11.7 Å². The molecule has 1 aromatic heterocycles. The fourth-order valence-electron chi connectivity index (χ4n) is 3.33. The summed E-state index contributed by atoms with van der Waals surface area (Å²) in [5.74, 6) is 1.51. The molecule has 0 bridgehead atoms. The molecule has 1 aliphatic rings. The van der Waals surface area contributed by atoms with E-state index in [-0.39, 0.29) is 24.0 Å². The monoisotopic (exact) mass is 498 g/mol. The van der Waals surface area contributed by atoms with Crippen LogP contribution in [0.25, 0.3) is 11.3 Å². The summed E-state index contributed by atoms with van der Waals surface area (Å²) in [5, 5.41) is 10.7. The Kier molecular flexibility index (Phi) is 10.3. The van der Waals surface area contributed by atoms with Crippen LogP contribution in [0.2, 0.25) is 0 Å². The third kappa shape index (κ3) is 7.43. The summed E-state index contributed by atoms with van der Waals surface area (Å²) in [5.41, 5.74) is 1.86. The molecule has 0 spiro atoms. The highest BCUT2D eigenvalue weighted by Crippen LogP contribution is 2.20. The molecule has 0 saturated heterocycles. The van der Waals surface area contributed by atoms with Gasteiger partial charge < -0.3 is 19.9 Å². The van der Waals surface area contributed by atoms with Crippen LogP contribution in [0.1, 0.15) is 44.2 Å². The van der Waals surface area contributed by atoms with Crippen LogP contribution in [0.5, 0.6) is 0 Å². The Hall–Kier alpha value is -1.61. The molecule has 3 rings (SSSR count). The quantitative estimate of drug-likeness (QED) is 0.195. The van der Waals surface area contributed by atoms with E-state index in [0.29, 0.717) is 19.3 Å². The van der Waals surface area contributed by atoms with Crippen molar-refractivity contribution in [3.05, 3.63) is 42.1 Å². The zero-order chi connectivity index (χ0) is 18.7. The molecule has 28 heavy (non-hydrogen) atoms. The molecular formula is C21H31IN4O2. The molecule has 7 heteroatoms. The van der Waals surface area contributed by atoms with Gasteiger partial charge in [-0.2, -0.15) is 0 Å². The molecule has 154 valence electrons. The first-order chi connectivity index (χ1) is 13.3. The van der Waals surface area contributed by atoms with Gasteiger partial charge >= 0.3 is 0 Å². The smallest absolute Gasteiger partial charge is 0.191 e. The van der Waals surface area contributed by atoms with E-state index >= 15 is 0 Å². The van der Waals surface area contributed by atoms with E-state index in [1.807, 2.05) is 36.4 Å². The first kappa shape index (κ1) is 22.7. The van der Waals surface area contributed by atoms with E-state index in [9.17, 15) is 0 Å². The number of aromatic nitrogens is 1. The lowest BCUT2D eigenvalue weighted by atomic mass is 10.1. The van der Waals surface area contributed by atoms with Crippen molar-refractivity contribution in [2.75, 3.05) is 20.2 Å². The standard InChI is InChI=1S/C21H30N4O2.HI/c1-22-21(23-13-14-26-19-11-7-2-3-8-12-19)24-16-18-15-20(27-25-18)17-9-5-4-6-10-17;/h4-6,9-10,15,19H,2-3,7-8,11-14,16H2,1H3,(H2,22,23,24);1H. The number of guanidine groups is 1. The molecular weight excluding hydrogens is 467 g/mol. The van der Waals surface area contributed by atoms with E-state index < -0.39 is 0 Å². The van der Waals surface area contributed by atoms with Gasteiger partial charge in [-0.1, -0.05) is 61.2 Å². The van der Waals surface area contributed by atoms with E-state index in [0.717, 1.165) is 29.5 Å². The zero-order valence-corrected chi connectivity index (χ0v) is 18.9. The maximum absolute atomic E-state index is 6.00. The number of nitrogens with zero attached hydrogens (tertiary/aromatic N) is 2. The Balaban J connectivity index is 0.00000280. The number of aliphatic imine (C=N–C) groups is 1. The van der Waals surface area contributed by atoms with Crippen LogP contribution >= 0.6 is 24.0 Å². The van der Waals surface area contributed by atoms with Crippen molar-refractivity contribution in [1.82, 2.24) is 15.8 Å². The molecule has 0 aliphatic heterocycles. The SMILES string of the molecule is CN=C(NCCOC1CCCCCC1)NCc1cc(-c2ccccc2)on1.I. The lowest BCUT2D eigenvalue weighted by molar-refractivity contribution is 0.0468. The Labute approximate surface area is 184 Å². The first-order valence-electron chi connectivity index (χ1n) is 9.92. The molecule has 2 aromatic rings. The number of hydrogen-bond donors (Lipinski definition) is 2. The second-order valence-electron chi connectivity index (χ2n) is 6.89. The van der Waals surface area contributed by atoms with Crippen LogP contribution in [0, 0.1) is 0 Å². The van der Waals surface area contributed by atoms with Crippen molar-refractivity contribution < 1.29 is 9.26 Å². The molecule has 2 N–H and O–H groups in total. The zero-order valence-electron chi connectivity index (χ0n) is 16.5. The predicted octanol–water partition coefficient (Wildman–Crippen LogP) is 4.36. The molecule has 1 heterocycles. The summed E-state index contributed by atoms with van der Waals surface area (Å²) in [6.45, 7) is 2.00. The van der Waals surface area contributed by atoms with E-state index in [2.05, 4.69) is 20.8 Å². The summed E-state index contributed by atoms with van der Waals surface area (Å²) < 4.78 is 11.4. The van der Waals surface area contributed by atoms with Gasteiger partial charge in [-0.3, -0.25) is 4.99 Å². The summed E-state index contributed by atoms with van der Waals surface area (Å²) in [4.78, 5) is 4.25. The molecule has 6 nitrogen and oxygen atoms in total. The van der Waals surface area contributed by atoms with Crippen molar-refractivity contribution in [3.8, 4) is 11.3 Å². The molecule has 1 aromatic carbocycles. The van der Waals surface area contributed by atoms with E-state index in [4.69, 9.17) is 9.26 Å². The summed E-state index contributed by atoms with van der Waals surface area (Å²) in [6, 6.07) is 11.9. The summed E-state index contributed by atoms with van der Waals surface area (Å²) >= 11 is 0. The van der Waals surface area contributed by atoms with Crippen LogP contribution in [-0.4, -0.2) is 37.4 Å². The van der Waals surface area contributed by atoms with Gasteiger partial charge in [0.1, 0.15) is 5.69 Å². The number of nitrogens with one attached hydrogen (secondary N) is 2. The van der Waals surface area contributed by atoms with Crippen LogP contribution in [-0.2, 0) is 11.3 Å². The second-order valence-corrected chi connectivity index (χ2v) is 6.89. The highest BCUT2D eigenvalue weighted by molar-refractivity contribution is 14.0. The van der Waals surface area contributed by atoms with E-state index in [1.165, 1.54) is 38.5 Å². The fourth-order valence-corrected chi connectivity index (χ4v) is 3.33. The molecule has 0 radical (unpaired) electrons. The Bertz CT molecular complexity index is 697. The number of halogens is 1. The number of rotatable bonds is 7. The third-order valence-electron chi connectivity index (χ3n) is 4.83. The van der Waals surface area contributed by atoms with Gasteiger partial charge in [0.2, 0.25) is 0 Å². The normalized spacial score (nSPS) is 15.5. The van der Waals surface area contributed by atoms with Gasteiger partial charge in [0.05, 0.1) is 19.3 Å². The van der Waals surface area contributed by atoms with Crippen LogP contribution in [0.15, 0.2) is 45.9 Å². The maximum Gasteiger partial charge on any atom is 0.191 e. The highest BCUT2D eigenvalue weighted by Gasteiger charge is 2.12. The average molecular weight is 498 g/mol. The number of hydrogen-bond acceptors (Lipinski definition) is 4. The van der Waals surface area contributed by atoms with Gasteiger partial charge in [-0.15, -0.1) is 24.0 Å². The van der Waals surface area contributed by atoms with Crippen molar-refractivity contribution >= 4 is 29.9 Å². The minimum Gasteiger partial charge on any atom is -0.376 e. The average Bonchev–Trinajstić information content (AvgIpc) is 3.04. The Morgan fingerprint density at radius 2 is 1.89 bits per heavy atom. The molecule has 1 aliphatic carbocycles.